The van der Waals surface area contributed by atoms with Crippen molar-refractivity contribution in [3.8, 4) is 5.75 Å². The summed E-state index contributed by atoms with van der Waals surface area (Å²) in [7, 11) is 1.61. The van der Waals surface area contributed by atoms with E-state index in [9.17, 15) is 4.79 Å². The fourth-order valence-electron chi connectivity index (χ4n) is 2.82. The van der Waals surface area contributed by atoms with E-state index in [2.05, 4.69) is 33.9 Å². The molecule has 0 fully saturated rings. The lowest BCUT2D eigenvalue weighted by atomic mass is 10.2. The van der Waals surface area contributed by atoms with Crippen molar-refractivity contribution < 1.29 is 9.53 Å². The first-order valence-electron chi connectivity index (χ1n) is 8.64. The summed E-state index contributed by atoms with van der Waals surface area (Å²) in [5, 5.41) is 2.95. The Morgan fingerprint density at radius 2 is 1.85 bits per heavy atom. The predicted octanol–water partition coefficient (Wildman–Crippen LogP) is 3.22. The van der Waals surface area contributed by atoms with Gasteiger partial charge in [-0.05, 0) is 36.8 Å². The number of aromatic nitrogens is 2. The standard InChI is InChI=1S/C21H23N3O2/c1-16-14-23-20(24(16)15-17-6-4-3-5-7-17)12-13-22-21(25)18-8-10-19(26-2)11-9-18/h3-11,14H,12-13,15H2,1-2H3,(H,22,25). The fourth-order valence-corrected chi connectivity index (χ4v) is 2.82. The van der Waals surface area contributed by atoms with Crippen molar-refractivity contribution in [1.82, 2.24) is 14.9 Å². The summed E-state index contributed by atoms with van der Waals surface area (Å²) >= 11 is 0. The third kappa shape index (κ3) is 4.30. The zero-order chi connectivity index (χ0) is 18.4. The number of hydrogen-bond donors (Lipinski definition) is 1. The number of nitrogens with one attached hydrogen (secondary N) is 1. The van der Waals surface area contributed by atoms with Gasteiger partial charge in [0.1, 0.15) is 11.6 Å². The summed E-state index contributed by atoms with van der Waals surface area (Å²) in [5.74, 6) is 1.62. The molecule has 5 nitrogen and oxygen atoms in total. The maximum Gasteiger partial charge on any atom is 0.251 e. The Balaban J connectivity index is 1.58. The molecular formula is C21H23N3O2. The summed E-state index contributed by atoms with van der Waals surface area (Å²) in [5.41, 5.74) is 2.97. The molecule has 1 aromatic heterocycles. The number of benzene rings is 2. The van der Waals surface area contributed by atoms with Crippen molar-refractivity contribution in [3.05, 3.63) is 83.4 Å². The lowest BCUT2D eigenvalue weighted by molar-refractivity contribution is 0.0954. The smallest absolute Gasteiger partial charge is 0.251 e. The number of rotatable bonds is 7. The van der Waals surface area contributed by atoms with Crippen molar-refractivity contribution in [2.24, 2.45) is 0 Å². The van der Waals surface area contributed by atoms with Crippen LogP contribution in [0, 0.1) is 6.92 Å². The van der Waals surface area contributed by atoms with Crippen LogP contribution in [0.25, 0.3) is 0 Å². The first-order chi connectivity index (χ1) is 12.7. The molecule has 5 heteroatoms. The highest BCUT2D eigenvalue weighted by Crippen LogP contribution is 2.12. The van der Waals surface area contributed by atoms with E-state index < -0.39 is 0 Å². The van der Waals surface area contributed by atoms with Crippen LogP contribution < -0.4 is 10.1 Å². The van der Waals surface area contributed by atoms with Crippen LogP contribution >= 0.6 is 0 Å². The number of aryl methyl sites for hydroxylation is 1. The minimum atomic E-state index is -0.0921. The number of imidazole rings is 1. The van der Waals surface area contributed by atoms with Gasteiger partial charge in [0.2, 0.25) is 0 Å². The van der Waals surface area contributed by atoms with Gasteiger partial charge in [-0.15, -0.1) is 0 Å². The number of carbonyl (C=O) groups is 1. The van der Waals surface area contributed by atoms with Gasteiger partial charge in [0.05, 0.1) is 7.11 Å². The second kappa shape index (κ2) is 8.34. The Bertz CT molecular complexity index is 855. The zero-order valence-corrected chi connectivity index (χ0v) is 15.1. The molecule has 1 heterocycles. The Kier molecular flexibility index (Phi) is 5.69. The number of nitrogens with zero attached hydrogens (tertiary/aromatic N) is 2. The van der Waals surface area contributed by atoms with E-state index in [0.29, 0.717) is 18.5 Å². The van der Waals surface area contributed by atoms with Crippen LogP contribution in [0.4, 0.5) is 0 Å². The molecule has 0 saturated carbocycles. The lowest BCUT2D eigenvalue weighted by Crippen LogP contribution is -2.26. The van der Waals surface area contributed by atoms with Gasteiger partial charge in [-0.2, -0.15) is 0 Å². The second-order valence-corrected chi connectivity index (χ2v) is 6.12. The topological polar surface area (TPSA) is 56.1 Å². The molecule has 0 aliphatic carbocycles. The monoisotopic (exact) mass is 349 g/mol. The largest absolute Gasteiger partial charge is 0.497 e. The summed E-state index contributed by atoms with van der Waals surface area (Å²) in [6.45, 7) is 3.37. The summed E-state index contributed by atoms with van der Waals surface area (Å²) in [4.78, 5) is 16.7. The highest BCUT2D eigenvalue weighted by atomic mass is 16.5. The molecule has 0 atom stereocenters. The van der Waals surface area contributed by atoms with Crippen LogP contribution in [0.15, 0.2) is 60.8 Å². The van der Waals surface area contributed by atoms with Crippen molar-refractivity contribution >= 4 is 5.91 Å². The Labute approximate surface area is 153 Å². The molecule has 134 valence electrons. The molecule has 1 amide bonds. The van der Waals surface area contributed by atoms with Gasteiger partial charge in [0.15, 0.2) is 0 Å². The molecule has 3 rings (SSSR count). The van der Waals surface area contributed by atoms with Crippen molar-refractivity contribution in [2.75, 3.05) is 13.7 Å². The predicted molar refractivity (Wildman–Crippen MR) is 102 cm³/mol. The second-order valence-electron chi connectivity index (χ2n) is 6.12. The number of hydrogen-bond acceptors (Lipinski definition) is 3. The molecule has 1 N–H and O–H groups in total. The third-order valence-electron chi connectivity index (χ3n) is 4.31. The number of ether oxygens (including phenoxy) is 1. The van der Waals surface area contributed by atoms with E-state index >= 15 is 0 Å². The summed E-state index contributed by atoms with van der Waals surface area (Å²) in [6.07, 6.45) is 2.56. The number of methoxy groups -OCH3 is 1. The molecule has 0 bridgehead atoms. The van der Waals surface area contributed by atoms with Crippen molar-refractivity contribution in [3.63, 3.8) is 0 Å². The van der Waals surface area contributed by atoms with Gasteiger partial charge in [-0.1, -0.05) is 30.3 Å². The molecule has 0 unspecified atom stereocenters. The molecule has 0 aliphatic heterocycles. The molecule has 0 saturated heterocycles. The van der Waals surface area contributed by atoms with Gasteiger partial charge in [0, 0.05) is 37.0 Å². The SMILES string of the molecule is COc1ccc(C(=O)NCCc2ncc(C)n2Cc2ccccc2)cc1. The van der Waals surface area contributed by atoms with E-state index in [1.165, 1.54) is 5.56 Å². The molecule has 2 aromatic carbocycles. The van der Waals surface area contributed by atoms with Gasteiger partial charge >= 0.3 is 0 Å². The Hall–Kier alpha value is -3.08. The average Bonchev–Trinajstić information content (AvgIpc) is 3.02. The highest BCUT2D eigenvalue weighted by molar-refractivity contribution is 5.94. The van der Waals surface area contributed by atoms with Crippen LogP contribution in [0.5, 0.6) is 5.75 Å². The lowest BCUT2D eigenvalue weighted by Gasteiger charge is -2.11. The fraction of sp³-hybridized carbons (Fsp3) is 0.238. The molecule has 0 aliphatic rings. The van der Waals surface area contributed by atoms with E-state index in [1.54, 1.807) is 31.4 Å². The van der Waals surface area contributed by atoms with Gasteiger partial charge in [-0.3, -0.25) is 4.79 Å². The molecule has 3 aromatic rings. The van der Waals surface area contributed by atoms with Crippen LogP contribution in [-0.2, 0) is 13.0 Å². The van der Waals surface area contributed by atoms with Crippen LogP contribution in [0.1, 0.15) is 27.4 Å². The van der Waals surface area contributed by atoms with Crippen molar-refractivity contribution in [1.29, 1.82) is 0 Å². The van der Waals surface area contributed by atoms with Crippen LogP contribution in [-0.4, -0.2) is 29.1 Å². The first-order valence-corrected chi connectivity index (χ1v) is 8.64. The molecule has 26 heavy (non-hydrogen) atoms. The zero-order valence-electron chi connectivity index (χ0n) is 15.1. The maximum absolute atomic E-state index is 12.2. The average molecular weight is 349 g/mol. The Morgan fingerprint density at radius 3 is 2.54 bits per heavy atom. The normalized spacial score (nSPS) is 10.5. The molecule has 0 radical (unpaired) electrons. The van der Waals surface area contributed by atoms with E-state index in [1.807, 2.05) is 24.4 Å². The van der Waals surface area contributed by atoms with Gasteiger partial charge in [-0.25, -0.2) is 4.98 Å². The minimum Gasteiger partial charge on any atom is -0.497 e. The summed E-state index contributed by atoms with van der Waals surface area (Å²) < 4.78 is 7.30. The van der Waals surface area contributed by atoms with Crippen molar-refractivity contribution in [2.45, 2.75) is 19.9 Å². The minimum absolute atomic E-state index is 0.0921. The first kappa shape index (κ1) is 17.7. The molecule has 0 spiro atoms. The van der Waals surface area contributed by atoms with E-state index in [4.69, 9.17) is 4.74 Å². The molecular weight excluding hydrogens is 326 g/mol. The number of carbonyl (C=O) groups excluding carboxylic acids is 1. The van der Waals surface area contributed by atoms with E-state index in [0.717, 1.165) is 23.8 Å². The number of amides is 1. The van der Waals surface area contributed by atoms with Crippen LogP contribution in [0.3, 0.4) is 0 Å². The highest BCUT2D eigenvalue weighted by Gasteiger charge is 2.09. The summed E-state index contributed by atoms with van der Waals surface area (Å²) in [6, 6.07) is 17.4. The van der Waals surface area contributed by atoms with Gasteiger partial charge < -0.3 is 14.6 Å². The van der Waals surface area contributed by atoms with E-state index in [-0.39, 0.29) is 5.91 Å². The van der Waals surface area contributed by atoms with Gasteiger partial charge in [0.25, 0.3) is 5.91 Å². The third-order valence-corrected chi connectivity index (χ3v) is 4.31. The Morgan fingerprint density at radius 1 is 1.12 bits per heavy atom. The quantitative estimate of drug-likeness (QED) is 0.712. The van der Waals surface area contributed by atoms with Crippen LogP contribution in [0.2, 0.25) is 0 Å². The maximum atomic E-state index is 12.2.